The summed E-state index contributed by atoms with van der Waals surface area (Å²) in [5, 5.41) is 0.660. The number of H-pyrrole nitrogens is 1. The van der Waals surface area contributed by atoms with Gasteiger partial charge in [0.1, 0.15) is 5.75 Å². The molecule has 0 aliphatic heterocycles. The van der Waals surface area contributed by atoms with Crippen molar-refractivity contribution in [2.24, 2.45) is 0 Å². The molecule has 2 aromatic carbocycles. The molecule has 0 atom stereocenters. The second kappa shape index (κ2) is 5.25. The third-order valence-corrected chi connectivity index (χ3v) is 3.46. The van der Waals surface area contributed by atoms with E-state index in [-0.39, 0.29) is 5.78 Å². The minimum atomic E-state index is -0.119. The molecule has 1 N–H and O–H groups in total. The highest BCUT2D eigenvalue weighted by Crippen LogP contribution is 2.24. The van der Waals surface area contributed by atoms with Crippen molar-refractivity contribution in [1.82, 2.24) is 4.98 Å². The van der Waals surface area contributed by atoms with Crippen molar-refractivity contribution in [3.63, 3.8) is 0 Å². The number of aromatic nitrogens is 1. The van der Waals surface area contributed by atoms with Crippen LogP contribution in [0.5, 0.6) is 5.75 Å². The summed E-state index contributed by atoms with van der Waals surface area (Å²) in [5.74, 6) is 0.575. The second-order valence-corrected chi connectivity index (χ2v) is 4.65. The first kappa shape index (κ1) is 13.1. The van der Waals surface area contributed by atoms with Gasteiger partial charge in [-0.05, 0) is 30.3 Å². The first-order valence-electron chi connectivity index (χ1n) is 6.48. The third kappa shape index (κ3) is 2.21. The molecule has 0 saturated carbocycles. The highest BCUT2D eigenvalue weighted by atomic mass is 16.5. The topological polar surface area (TPSA) is 59.2 Å². The Hall–Kier alpha value is -2.88. The quantitative estimate of drug-likeness (QED) is 0.589. The van der Waals surface area contributed by atoms with E-state index in [0.29, 0.717) is 27.8 Å². The van der Waals surface area contributed by atoms with Crippen LogP contribution in [0.4, 0.5) is 0 Å². The number of benzene rings is 2. The zero-order chi connectivity index (χ0) is 14.8. The van der Waals surface area contributed by atoms with Crippen molar-refractivity contribution in [1.29, 1.82) is 0 Å². The van der Waals surface area contributed by atoms with Crippen LogP contribution in [0.25, 0.3) is 10.9 Å². The van der Waals surface area contributed by atoms with Gasteiger partial charge in [-0.3, -0.25) is 9.59 Å². The largest absolute Gasteiger partial charge is 0.497 e. The predicted octanol–water partition coefficient (Wildman–Crippen LogP) is 3.22. The minimum Gasteiger partial charge on any atom is -0.497 e. The van der Waals surface area contributed by atoms with Crippen LogP contribution >= 0.6 is 0 Å². The fourth-order valence-electron chi connectivity index (χ4n) is 2.39. The van der Waals surface area contributed by atoms with E-state index in [1.807, 2.05) is 6.07 Å². The highest BCUT2D eigenvalue weighted by Gasteiger charge is 2.15. The van der Waals surface area contributed by atoms with Gasteiger partial charge in [0.2, 0.25) is 0 Å². The number of rotatable bonds is 4. The maximum atomic E-state index is 12.7. The van der Waals surface area contributed by atoms with E-state index in [2.05, 4.69) is 4.98 Å². The predicted molar refractivity (Wildman–Crippen MR) is 80.1 cm³/mol. The molecule has 104 valence electrons. The number of fused-ring (bicyclic) bond motifs is 1. The Morgan fingerprint density at radius 2 is 1.90 bits per heavy atom. The summed E-state index contributed by atoms with van der Waals surface area (Å²) in [4.78, 5) is 26.8. The van der Waals surface area contributed by atoms with Crippen LogP contribution in [0.1, 0.15) is 26.3 Å². The number of aromatic amines is 1. The molecule has 4 nitrogen and oxygen atoms in total. The van der Waals surface area contributed by atoms with Crippen molar-refractivity contribution in [2.45, 2.75) is 0 Å². The zero-order valence-corrected chi connectivity index (χ0v) is 11.4. The van der Waals surface area contributed by atoms with Gasteiger partial charge >= 0.3 is 0 Å². The molecule has 0 amide bonds. The minimum absolute atomic E-state index is 0.119. The summed E-state index contributed by atoms with van der Waals surface area (Å²) in [6, 6.07) is 12.3. The molecule has 0 spiro atoms. The number of ketones is 1. The van der Waals surface area contributed by atoms with Gasteiger partial charge in [-0.2, -0.15) is 0 Å². The van der Waals surface area contributed by atoms with Crippen LogP contribution < -0.4 is 4.74 Å². The van der Waals surface area contributed by atoms with Crippen LogP contribution in [-0.2, 0) is 0 Å². The normalized spacial score (nSPS) is 10.5. The Balaban J connectivity index is 2.12. The highest BCUT2D eigenvalue weighted by molar-refractivity contribution is 6.18. The van der Waals surface area contributed by atoms with Crippen LogP contribution in [0.2, 0.25) is 0 Å². The van der Waals surface area contributed by atoms with Crippen LogP contribution in [0.3, 0.4) is 0 Å². The molecule has 0 radical (unpaired) electrons. The van der Waals surface area contributed by atoms with E-state index in [0.717, 1.165) is 11.8 Å². The average molecular weight is 279 g/mol. The van der Waals surface area contributed by atoms with Crippen molar-refractivity contribution < 1.29 is 14.3 Å². The summed E-state index contributed by atoms with van der Waals surface area (Å²) < 4.78 is 5.09. The lowest BCUT2D eigenvalue weighted by atomic mass is 9.98. The molecule has 3 rings (SSSR count). The van der Waals surface area contributed by atoms with E-state index < -0.39 is 0 Å². The van der Waals surface area contributed by atoms with Crippen LogP contribution in [0.15, 0.2) is 48.7 Å². The Morgan fingerprint density at radius 3 is 2.57 bits per heavy atom. The molecule has 3 aromatic rings. The number of aldehydes is 1. The maximum Gasteiger partial charge on any atom is 0.193 e. The van der Waals surface area contributed by atoms with Gasteiger partial charge in [0.05, 0.1) is 7.11 Å². The van der Waals surface area contributed by atoms with Gasteiger partial charge in [-0.1, -0.05) is 12.1 Å². The molecule has 1 heterocycles. The Kier molecular flexibility index (Phi) is 3.28. The summed E-state index contributed by atoms with van der Waals surface area (Å²) in [7, 11) is 1.58. The van der Waals surface area contributed by atoms with Crippen LogP contribution in [0, 0.1) is 0 Å². The lowest BCUT2D eigenvalue weighted by molar-refractivity contribution is 0.104. The van der Waals surface area contributed by atoms with Gasteiger partial charge in [-0.25, -0.2) is 0 Å². The van der Waals surface area contributed by atoms with E-state index in [1.165, 1.54) is 0 Å². The molecule has 0 aliphatic carbocycles. The summed E-state index contributed by atoms with van der Waals surface area (Å²) in [5.41, 5.74) is 2.33. The molecule has 1 aromatic heterocycles. The number of carbonyl (C=O) groups is 2. The number of hydrogen-bond donors (Lipinski definition) is 1. The SMILES string of the molecule is COc1ccc(C(=O)c2cccc3[nH]cc(C=O)c23)cc1. The fraction of sp³-hybridized carbons (Fsp3) is 0.0588. The van der Waals surface area contributed by atoms with Gasteiger partial charge in [-0.15, -0.1) is 0 Å². The number of ether oxygens (including phenoxy) is 1. The lowest BCUT2D eigenvalue weighted by Crippen LogP contribution is -2.02. The third-order valence-electron chi connectivity index (χ3n) is 3.46. The number of carbonyl (C=O) groups excluding carboxylic acids is 2. The van der Waals surface area contributed by atoms with E-state index in [1.54, 1.807) is 49.7 Å². The number of nitrogens with one attached hydrogen (secondary N) is 1. The van der Waals surface area contributed by atoms with Crippen molar-refractivity contribution in [3.05, 3.63) is 65.4 Å². The van der Waals surface area contributed by atoms with Crippen molar-refractivity contribution in [2.75, 3.05) is 7.11 Å². The van der Waals surface area contributed by atoms with Crippen molar-refractivity contribution >= 4 is 23.0 Å². The van der Waals surface area contributed by atoms with E-state index >= 15 is 0 Å². The molecule has 0 saturated heterocycles. The van der Waals surface area contributed by atoms with Crippen molar-refractivity contribution in [3.8, 4) is 5.75 Å². The molecule has 0 bridgehead atoms. The summed E-state index contributed by atoms with van der Waals surface area (Å²) in [6.07, 6.45) is 2.37. The maximum absolute atomic E-state index is 12.7. The fourth-order valence-corrected chi connectivity index (χ4v) is 2.39. The van der Waals surface area contributed by atoms with Crippen LogP contribution in [-0.4, -0.2) is 24.2 Å². The Morgan fingerprint density at radius 1 is 1.14 bits per heavy atom. The Labute approximate surface area is 121 Å². The molecule has 0 fully saturated rings. The first-order chi connectivity index (χ1) is 10.2. The Bertz CT molecular complexity index is 816. The lowest BCUT2D eigenvalue weighted by Gasteiger charge is -2.05. The number of hydrogen-bond acceptors (Lipinski definition) is 3. The molecule has 0 unspecified atom stereocenters. The van der Waals surface area contributed by atoms with Gasteiger partial charge < -0.3 is 9.72 Å². The molecule has 21 heavy (non-hydrogen) atoms. The van der Waals surface area contributed by atoms with Gasteiger partial charge in [0.15, 0.2) is 12.1 Å². The smallest absolute Gasteiger partial charge is 0.193 e. The molecule has 4 heteroatoms. The van der Waals surface area contributed by atoms with Gasteiger partial charge in [0, 0.05) is 33.8 Å². The summed E-state index contributed by atoms with van der Waals surface area (Å²) >= 11 is 0. The summed E-state index contributed by atoms with van der Waals surface area (Å²) in [6.45, 7) is 0. The monoisotopic (exact) mass is 279 g/mol. The zero-order valence-electron chi connectivity index (χ0n) is 11.4. The first-order valence-corrected chi connectivity index (χ1v) is 6.48. The van der Waals surface area contributed by atoms with E-state index in [4.69, 9.17) is 4.74 Å². The molecular weight excluding hydrogens is 266 g/mol. The van der Waals surface area contributed by atoms with Gasteiger partial charge in [0.25, 0.3) is 0 Å². The van der Waals surface area contributed by atoms with E-state index in [9.17, 15) is 9.59 Å². The average Bonchev–Trinajstić information content (AvgIpc) is 2.97. The second-order valence-electron chi connectivity index (χ2n) is 4.65. The molecular formula is C17H13NO3. The molecule has 0 aliphatic rings. The number of methoxy groups -OCH3 is 1. The standard InChI is InChI=1S/C17H13NO3/c1-21-13-7-5-11(6-8-13)17(20)14-3-2-4-15-16(14)12(10-19)9-18-15/h2-10,18H,1H3.